The van der Waals surface area contributed by atoms with Crippen molar-refractivity contribution >= 4 is 10.9 Å². The van der Waals surface area contributed by atoms with Gasteiger partial charge in [0.1, 0.15) is 5.82 Å². The topological polar surface area (TPSA) is 35.4 Å². The van der Waals surface area contributed by atoms with Crippen LogP contribution in [0.1, 0.15) is 30.7 Å². The number of rotatable bonds is 4. The van der Waals surface area contributed by atoms with Crippen LogP contribution in [-0.4, -0.2) is 37.2 Å². The Balaban J connectivity index is 1.63. The predicted molar refractivity (Wildman–Crippen MR) is 87.0 cm³/mol. The second-order valence-electron chi connectivity index (χ2n) is 6.42. The van der Waals surface area contributed by atoms with Gasteiger partial charge < -0.3 is 19.4 Å². The third-order valence-electron chi connectivity index (χ3n) is 4.95. The summed E-state index contributed by atoms with van der Waals surface area (Å²) in [7, 11) is 0. The summed E-state index contributed by atoms with van der Waals surface area (Å²) in [6, 6.07) is 5.15. The Morgan fingerprint density at radius 3 is 2.74 bits per heavy atom. The van der Waals surface area contributed by atoms with E-state index in [0.717, 1.165) is 44.4 Å². The number of aromatic nitrogens is 1. The van der Waals surface area contributed by atoms with Gasteiger partial charge in [-0.3, -0.25) is 0 Å². The van der Waals surface area contributed by atoms with E-state index in [-0.39, 0.29) is 12.1 Å². The summed E-state index contributed by atoms with van der Waals surface area (Å²) in [5, 5.41) is 4.60. The maximum Gasteiger partial charge on any atom is 0.159 e. The molecule has 5 heteroatoms. The van der Waals surface area contributed by atoms with Gasteiger partial charge >= 0.3 is 0 Å². The number of aryl methyl sites for hydroxylation is 1. The third-order valence-corrected chi connectivity index (χ3v) is 4.95. The lowest BCUT2D eigenvalue weighted by Crippen LogP contribution is -2.26. The van der Waals surface area contributed by atoms with Gasteiger partial charge in [0.2, 0.25) is 0 Å². The number of nitrogens with one attached hydrogen (secondary N) is 1. The molecule has 0 atom stereocenters. The molecule has 4 rings (SSSR count). The minimum Gasteiger partial charge on any atom is -0.350 e. The second kappa shape index (κ2) is 6.59. The molecule has 23 heavy (non-hydrogen) atoms. The Hall–Kier alpha value is -1.43. The van der Waals surface area contributed by atoms with Gasteiger partial charge in [-0.1, -0.05) is 0 Å². The zero-order chi connectivity index (χ0) is 15.6. The van der Waals surface area contributed by atoms with Crippen molar-refractivity contribution in [3.05, 3.63) is 35.8 Å². The minimum absolute atomic E-state index is 0.122. The summed E-state index contributed by atoms with van der Waals surface area (Å²) >= 11 is 0. The molecule has 0 radical (unpaired) electrons. The summed E-state index contributed by atoms with van der Waals surface area (Å²) in [5.74, 6) is 0.381. The van der Waals surface area contributed by atoms with Crippen molar-refractivity contribution in [1.29, 1.82) is 0 Å². The standard InChI is InChI=1S/C18H23FN2O2/c19-14-1-2-15-16(13-3-6-20-7-4-13)12-21(17(15)11-14)8-5-18-22-9-10-23-18/h1-2,11-13,18,20H,3-10H2. The van der Waals surface area contributed by atoms with Crippen LogP contribution in [0.25, 0.3) is 10.9 Å². The molecule has 124 valence electrons. The van der Waals surface area contributed by atoms with Crippen LogP contribution < -0.4 is 5.32 Å². The maximum absolute atomic E-state index is 13.7. The lowest BCUT2D eigenvalue weighted by molar-refractivity contribution is -0.0488. The lowest BCUT2D eigenvalue weighted by atomic mass is 9.90. The lowest BCUT2D eigenvalue weighted by Gasteiger charge is -2.22. The Morgan fingerprint density at radius 2 is 1.96 bits per heavy atom. The van der Waals surface area contributed by atoms with Crippen LogP contribution in [0.3, 0.4) is 0 Å². The van der Waals surface area contributed by atoms with E-state index in [9.17, 15) is 4.39 Å². The molecule has 0 saturated carbocycles. The van der Waals surface area contributed by atoms with Gasteiger partial charge in [-0.2, -0.15) is 0 Å². The van der Waals surface area contributed by atoms with E-state index in [1.807, 2.05) is 6.07 Å². The molecule has 1 aromatic carbocycles. The van der Waals surface area contributed by atoms with Crippen molar-refractivity contribution in [3.63, 3.8) is 0 Å². The molecule has 2 aromatic rings. The molecule has 0 spiro atoms. The Morgan fingerprint density at radius 1 is 1.17 bits per heavy atom. The van der Waals surface area contributed by atoms with Crippen molar-refractivity contribution in [3.8, 4) is 0 Å². The van der Waals surface area contributed by atoms with Crippen molar-refractivity contribution in [2.45, 2.75) is 38.0 Å². The van der Waals surface area contributed by atoms with Crippen LogP contribution in [-0.2, 0) is 16.0 Å². The molecule has 0 unspecified atom stereocenters. The van der Waals surface area contributed by atoms with E-state index >= 15 is 0 Å². The summed E-state index contributed by atoms with van der Waals surface area (Å²) in [6.07, 6.45) is 5.18. The van der Waals surface area contributed by atoms with E-state index in [0.29, 0.717) is 19.1 Å². The Kier molecular flexibility index (Phi) is 4.33. The van der Waals surface area contributed by atoms with Crippen LogP contribution in [0.5, 0.6) is 0 Å². The zero-order valence-corrected chi connectivity index (χ0v) is 13.3. The van der Waals surface area contributed by atoms with Crippen molar-refractivity contribution in [1.82, 2.24) is 9.88 Å². The van der Waals surface area contributed by atoms with Crippen molar-refractivity contribution in [2.24, 2.45) is 0 Å². The Bertz CT molecular complexity index is 673. The molecule has 1 aromatic heterocycles. The van der Waals surface area contributed by atoms with E-state index in [1.54, 1.807) is 12.1 Å². The van der Waals surface area contributed by atoms with Gasteiger partial charge in [0.05, 0.1) is 18.7 Å². The van der Waals surface area contributed by atoms with E-state index in [1.165, 1.54) is 10.9 Å². The van der Waals surface area contributed by atoms with Gasteiger partial charge in [0.25, 0.3) is 0 Å². The molecule has 4 nitrogen and oxygen atoms in total. The summed E-state index contributed by atoms with van der Waals surface area (Å²) in [6.45, 7) is 4.25. The highest BCUT2D eigenvalue weighted by Crippen LogP contribution is 2.33. The highest BCUT2D eigenvalue weighted by molar-refractivity contribution is 5.84. The fraction of sp³-hybridized carbons (Fsp3) is 0.556. The third kappa shape index (κ3) is 3.13. The summed E-state index contributed by atoms with van der Waals surface area (Å²) in [4.78, 5) is 0. The minimum atomic E-state index is -0.179. The quantitative estimate of drug-likeness (QED) is 0.941. The molecule has 0 bridgehead atoms. The highest BCUT2D eigenvalue weighted by atomic mass is 19.1. The van der Waals surface area contributed by atoms with Gasteiger partial charge in [0.15, 0.2) is 6.29 Å². The average Bonchev–Trinajstić information content (AvgIpc) is 3.21. The molecule has 0 aliphatic carbocycles. The second-order valence-corrected chi connectivity index (χ2v) is 6.42. The molecular weight excluding hydrogens is 295 g/mol. The monoisotopic (exact) mass is 318 g/mol. The van der Waals surface area contributed by atoms with E-state index < -0.39 is 0 Å². The van der Waals surface area contributed by atoms with Crippen molar-refractivity contribution < 1.29 is 13.9 Å². The zero-order valence-electron chi connectivity index (χ0n) is 13.3. The van der Waals surface area contributed by atoms with E-state index in [2.05, 4.69) is 16.1 Å². The molecule has 1 N–H and O–H groups in total. The molecule has 2 aliphatic heterocycles. The van der Waals surface area contributed by atoms with Crippen molar-refractivity contribution in [2.75, 3.05) is 26.3 Å². The molecule has 2 fully saturated rings. The SMILES string of the molecule is Fc1ccc2c(C3CCNCC3)cn(CCC3OCCO3)c2c1. The number of ether oxygens (including phenoxy) is 2. The molecule has 2 saturated heterocycles. The van der Waals surface area contributed by atoms with Gasteiger partial charge in [-0.15, -0.1) is 0 Å². The number of halogens is 1. The molecule has 3 heterocycles. The number of benzene rings is 1. The van der Waals surface area contributed by atoms with Gasteiger partial charge in [0, 0.05) is 24.5 Å². The van der Waals surface area contributed by atoms with Crippen LogP contribution in [0.15, 0.2) is 24.4 Å². The first-order valence-electron chi connectivity index (χ1n) is 8.53. The number of hydrogen-bond donors (Lipinski definition) is 1. The van der Waals surface area contributed by atoms with Crippen LogP contribution >= 0.6 is 0 Å². The van der Waals surface area contributed by atoms with E-state index in [4.69, 9.17) is 9.47 Å². The first-order chi connectivity index (χ1) is 11.3. The van der Waals surface area contributed by atoms with Gasteiger partial charge in [-0.25, -0.2) is 4.39 Å². The number of fused-ring (bicyclic) bond motifs is 1. The summed E-state index contributed by atoms with van der Waals surface area (Å²) < 4.78 is 26.9. The Labute approximate surface area is 135 Å². The van der Waals surface area contributed by atoms with Crippen LogP contribution in [0.4, 0.5) is 4.39 Å². The first-order valence-corrected chi connectivity index (χ1v) is 8.53. The fourth-order valence-electron chi connectivity index (χ4n) is 3.76. The first kappa shape index (κ1) is 15.1. The van der Waals surface area contributed by atoms with Crippen LogP contribution in [0, 0.1) is 5.82 Å². The predicted octanol–water partition coefficient (Wildman–Crippen LogP) is 3.01. The highest BCUT2D eigenvalue weighted by Gasteiger charge is 2.21. The number of nitrogens with zero attached hydrogens (tertiary/aromatic N) is 1. The molecule has 2 aliphatic rings. The van der Waals surface area contributed by atoms with Gasteiger partial charge in [-0.05, 0) is 55.6 Å². The molecular formula is C18H23FN2O2. The maximum atomic E-state index is 13.7. The molecule has 0 amide bonds. The van der Waals surface area contributed by atoms with Crippen LogP contribution in [0.2, 0.25) is 0 Å². The largest absolute Gasteiger partial charge is 0.350 e. The fourth-order valence-corrected chi connectivity index (χ4v) is 3.76. The smallest absolute Gasteiger partial charge is 0.159 e. The normalized spacial score (nSPS) is 20.6. The number of hydrogen-bond acceptors (Lipinski definition) is 3. The summed E-state index contributed by atoms with van der Waals surface area (Å²) in [5.41, 5.74) is 2.34. The number of piperidine rings is 1. The average molecular weight is 318 g/mol.